The average Bonchev–Trinajstić information content (AvgIpc) is 3.08. The number of hydrogen-bond acceptors (Lipinski definition) is 5. The minimum atomic E-state index is 0.452. The highest BCUT2D eigenvalue weighted by Gasteiger charge is 2.29. The van der Waals surface area contributed by atoms with Gasteiger partial charge in [0, 0.05) is 12.5 Å². The van der Waals surface area contributed by atoms with Crippen LogP contribution >= 0.6 is 0 Å². The zero-order valence-electron chi connectivity index (χ0n) is 11.1. The highest BCUT2D eigenvalue weighted by molar-refractivity contribution is 5.03. The molecule has 0 aromatic carbocycles. The SMILES string of the molecule is CCN1CCC(c2nc(C3CCNCC3)no2)C1. The van der Waals surface area contributed by atoms with Crippen LogP contribution in [-0.4, -0.2) is 47.8 Å². The molecular weight excluding hydrogens is 228 g/mol. The van der Waals surface area contributed by atoms with Gasteiger partial charge in [-0.1, -0.05) is 12.1 Å². The first-order chi connectivity index (χ1) is 8.86. The standard InChI is InChI=1S/C13H22N4O/c1-2-17-8-5-11(9-17)13-15-12(16-18-13)10-3-6-14-7-4-10/h10-11,14H,2-9H2,1H3. The third kappa shape index (κ3) is 2.42. The van der Waals surface area contributed by atoms with Crippen LogP contribution in [0.5, 0.6) is 0 Å². The first-order valence-corrected chi connectivity index (χ1v) is 7.13. The van der Waals surface area contributed by atoms with E-state index in [1.807, 2.05) is 0 Å². The molecule has 2 aliphatic rings. The number of likely N-dealkylation sites (tertiary alicyclic amines) is 1. The molecule has 18 heavy (non-hydrogen) atoms. The van der Waals surface area contributed by atoms with Gasteiger partial charge >= 0.3 is 0 Å². The van der Waals surface area contributed by atoms with Crippen molar-refractivity contribution in [2.45, 2.75) is 38.0 Å². The molecule has 5 nitrogen and oxygen atoms in total. The van der Waals surface area contributed by atoms with Crippen LogP contribution in [0.25, 0.3) is 0 Å². The second kappa shape index (κ2) is 5.36. The molecule has 0 aliphatic carbocycles. The molecule has 2 aliphatic heterocycles. The smallest absolute Gasteiger partial charge is 0.231 e. The van der Waals surface area contributed by atoms with Crippen molar-refractivity contribution in [1.29, 1.82) is 0 Å². The number of piperidine rings is 1. The topological polar surface area (TPSA) is 54.2 Å². The summed E-state index contributed by atoms with van der Waals surface area (Å²) in [6.07, 6.45) is 3.41. The van der Waals surface area contributed by atoms with E-state index >= 15 is 0 Å². The summed E-state index contributed by atoms with van der Waals surface area (Å²) in [6, 6.07) is 0. The maximum atomic E-state index is 5.49. The largest absolute Gasteiger partial charge is 0.339 e. The fourth-order valence-electron chi connectivity index (χ4n) is 2.98. The number of rotatable bonds is 3. The van der Waals surface area contributed by atoms with Crippen LogP contribution in [0.15, 0.2) is 4.52 Å². The molecule has 1 N–H and O–H groups in total. The van der Waals surface area contributed by atoms with Crippen molar-refractivity contribution in [1.82, 2.24) is 20.4 Å². The number of likely N-dealkylation sites (N-methyl/N-ethyl adjacent to an activating group) is 1. The minimum Gasteiger partial charge on any atom is -0.339 e. The first-order valence-electron chi connectivity index (χ1n) is 7.13. The summed E-state index contributed by atoms with van der Waals surface area (Å²) in [5.41, 5.74) is 0. The maximum absolute atomic E-state index is 5.49. The Morgan fingerprint density at radius 2 is 2.11 bits per heavy atom. The fourth-order valence-corrected chi connectivity index (χ4v) is 2.98. The highest BCUT2D eigenvalue weighted by atomic mass is 16.5. The molecule has 0 saturated carbocycles. The molecule has 0 amide bonds. The predicted octanol–water partition coefficient (Wildman–Crippen LogP) is 1.35. The van der Waals surface area contributed by atoms with E-state index in [-0.39, 0.29) is 0 Å². The number of hydrogen-bond donors (Lipinski definition) is 1. The summed E-state index contributed by atoms with van der Waals surface area (Å²) in [5, 5.41) is 7.57. The van der Waals surface area contributed by atoms with Gasteiger partial charge in [0.1, 0.15) is 0 Å². The number of nitrogens with zero attached hydrogens (tertiary/aromatic N) is 3. The van der Waals surface area contributed by atoms with Gasteiger partial charge in [-0.3, -0.25) is 0 Å². The van der Waals surface area contributed by atoms with E-state index in [1.165, 1.54) is 0 Å². The average molecular weight is 250 g/mol. The van der Waals surface area contributed by atoms with E-state index in [0.29, 0.717) is 11.8 Å². The van der Waals surface area contributed by atoms with Crippen molar-refractivity contribution in [2.24, 2.45) is 0 Å². The Balaban J connectivity index is 1.66. The normalized spacial score (nSPS) is 26.8. The second-order valence-electron chi connectivity index (χ2n) is 5.39. The zero-order valence-corrected chi connectivity index (χ0v) is 11.1. The fraction of sp³-hybridized carbons (Fsp3) is 0.846. The van der Waals surface area contributed by atoms with Gasteiger partial charge in [-0.25, -0.2) is 0 Å². The van der Waals surface area contributed by atoms with Crippen LogP contribution in [0.1, 0.15) is 49.7 Å². The van der Waals surface area contributed by atoms with Gasteiger partial charge in [-0.15, -0.1) is 0 Å². The Bertz CT molecular complexity index is 386. The molecule has 0 spiro atoms. The van der Waals surface area contributed by atoms with Gasteiger partial charge in [-0.05, 0) is 45.4 Å². The third-order valence-corrected chi connectivity index (χ3v) is 4.23. The Morgan fingerprint density at radius 1 is 1.28 bits per heavy atom. The van der Waals surface area contributed by atoms with E-state index in [4.69, 9.17) is 4.52 Å². The van der Waals surface area contributed by atoms with E-state index in [2.05, 4.69) is 27.3 Å². The van der Waals surface area contributed by atoms with E-state index in [0.717, 1.165) is 63.7 Å². The van der Waals surface area contributed by atoms with Crippen molar-refractivity contribution in [2.75, 3.05) is 32.7 Å². The molecule has 1 unspecified atom stereocenters. The van der Waals surface area contributed by atoms with Gasteiger partial charge in [0.15, 0.2) is 5.82 Å². The Labute approximate surface area is 108 Å². The number of nitrogens with one attached hydrogen (secondary N) is 1. The van der Waals surface area contributed by atoms with Crippen LogP contribution in [0.3, 0.4) is 0 Å². The maximum Gasteiger partial charge on any atom is 0.231 e. The van der Waals surface area contributed by atoms with Gasteiger partial charge < -0.3 is 14.7 Å². The Morgan fingerprint density at radius 3 is 2.83 bits per heavy atom. The van der Waals surface area contributed by atoms with Gasteiger partial charge in [0.05, 0.1) is 5.92 Å². The van der Waals surface area contributed by atoms with Crippen LogP contribution < -0.4 is 5.32 Å². The lowest BCUT2D eigenvalue weighted by molar-refractivity contribution is 0.322. The van der Waals surface area contributed by atoms with Crippen molar-refractivity contribution in [3.8, 4) is 0 Å². The van der Waals surface area contributed by atoms with E-state index in [1.54, 1.807) is 0 Å². The lowest BCUT2D eigenvalue weighted by Crippen LogP contribution is -2.27. The lowest BCUT2D eigenvalue weighted by atomic mass is 9.97. The highest BCUT2D eigenvalue weighted by Crippen LogP contribution is 2.28. The molecule has 5 heteroatoms. The van der Waals surface area contributed by atoms with Gasteiger partial charge in [0.2, 0.25) is 5.89 Å². The second-order valence-corrected chi connectivity index (χ2v) is 5.39. The molecular formula is C13H22N4O. The molecule has 1 aromatic rings. The summed E-state index contributed by atoms with van der Waals surface area (Å²) >= 11 is 0. The van der Waals surface area contributed by atoms with Crippen LogP contribution in [0.2, 0.25) is 0 Å². The first kappa shape index (κ1) is 12.1. The zero-order chi connectivity index (χ0) is 12.4. The van der Waals surface area contributed by atoms with Crippen molar-refractivity contribution in [3.63, 3.8) is 0 Å². The van der Waals surface area contributed by atoms with Crippen molar-refractivity contribution in [3.05, 3.63) is 11.7 Å². The molecule has 2 saturated heterocycles. The lowest BCUT2D eigenvalue weighted by Gasteiger charge is -2.19. The Hall–Kier alpha value is -0.940. The minimum absolute atomic E-state index is 0.452. The molecule has 100 valence electrons. The molecule has 3 heterocycles. The monoisotopic (exact) mass is 250 g/mol. The molecule has 1 aromatic heterocycles. The predicted molar refractivity (Wildman–Crippen MR) is 68.6 cm³/mol. The van der Waals surface area contributed by atoms with Crippen molar-refractivity contribution < 1.29 is 4.52 Å². The third-order valence-electron chi connectivity index (χ3n) is 4.23. The van der Waals surface area contributed by atoms with Crippen LogP contribution in [0, 0.1) is 0 Å². The van der Waals surface area contributed by atoms with Gasteiger partial charge in [0.25, 0.3) is 0 Å². The molecule has 0 radical (unpaired) electrons. The van der Waals surface area contributed by atoms with E-state index in [9.17, 15) is 0 Å². The molecule has 0 bridgehead atoms. The summed E-state index contributed by atoms with van der Waals surface area (Å²) in [4.78, 5) is 7.10. The van der Waals surface area contributed by atoms with Crippen LogP contribution in [0.4, 0.5) is 0 Å². The van der Waals surface area contributed by atoms with Crippen molar-refractivity contribution >= 4 is 0 Å². The summed E-state index contributed by atoms with van der Waals surface area (Å²) in [7, 11) is 0. The number of aromatic nitrogens is 2. The summed E-state index contributed by atoms with van der Waals surface area (Å²) in [6.45, 7) is 7.70. The molecule has 1 atom stereocenters. The van der Waals surface area contributed by atoms with Gasteiger partial charge in [-0.2, -0.15) is 4.98 Å². The molecule has 3 rings (SSSR count). The van der Waals surface area contributed by atoms with Crippen LogP contribution in [-0.2, 0) is 0 Å². The summed E-state index contributed by atoms with van der Waals surface area (Å²) in [5.74, 6) is 2.74. The molecule has 2 fully saturated rings. The Kier molecular flexibility index (Phi) is 3.61. The quantitative estimate of drug-likeness (QED) is 0.877. The van der Waals surface area contributed by atoms with E-state index < -0.39 is 0 Å². The summed E-state index contributed by atoms with van der Waals surface area (Å²) < 4.78 is 5.49.